The summed E-state index contributed by atoms with van der Waals surface area (Å²) in [6.45, 7) is 4.57. The second-order valence-electron chi connectivity index (χ2n) is 4.88. The molecule has 0 bridgehead atoms. The van der Waals surface area contributed by atoms with E-state index in [0.29, 0.717) is 0 Å². The first kappa shape index (κ1) is 11.8. The van der Waals surface area contributed by atoms with Crippen molar-refractivity contribution < 1.29 is 0 Å². The zero-order valence-electron chi connectivity index (χ0n) is 10.0. The Morgan fingerprint density at radius 3 is 2.64 bits per heavy atom. The maximum absolute atomic E-state index is 2.47. The van der Waals surface area contributed by atoms with E-state index < -0.39 is 0 Å². The van der Waals surface area contributed by atoms with Gasteiger partial charge < -0.3 is 0 Å². The molecule has 82 valence electrons. The molecule has 0 aromatic heterocycles. The van der Waals surface area contributed by atoms with Crippen molar-refractivity contribution in [2.45, 2.75) is 71.6 Å². The molecule has 1 fully saturated rings. The Kier molecular flexibility index (Phi) is 5.98. The minimum atomic E-state index is 1.11. The predicted molar refractivity (Wildman–Crippen MR) is 64.5 cm³/mol. The second-order valence-corrected chi connectivity index (χ2v) is 4.88. The van der Waals surface area contributed by atoms with Gasteiger partial charge >= 0.3 is 0 Å². The molecule has 0 aromatic carbocycles. The van der Waals surface area contributed by atoms with E-state index >= 15 is 0 Å². The van der Waals surface area contributed by atoms with E-state index in [1.165, 1.54) is 57.8 Å². The van der Waals surface area contributed by atoms with Crippen LogP contribution in [0.25, 0.3) is 0 Å². The minimum Gasteiger partial charge on any atom is -0.0856 e. The lowest BCUT2D eigenvalue weighted by Gasteiger charge is -2.00. The normalized spacial score (nSPS) is 17.4. The zero-order valence-corrected chi connectivity index (χ0v) is 10.0. The number of rotatable bonds is 8. The van der Waals surface area contributed by atoms with E-state index in [-0.39, 0.29) is 0 Å². The molecule has 14 heavy (non-hydrogen) atoms. The number of allylic oxidation sites excluding steroid dienone is 2. The summed E-state index contributed by atoms with van der Waals surface area (Å²) in [5.74, 6) is 1.11. The maximum atomic E-state index is 2.47. The molecule has 1 saturated carbocycles. The third kappa shape index (κ3) is 6.23. The van der Waals surface area contributed by atoms with E-state index in [9.17, 15) is 0 Å². The molecule has 1 aliphatic carbocycles. The molecule has 0 heterocycles. The highest BCUT2D eigenvalue weighted by Crippen LogP contribution is 2.33. The number of unbranched alkanes of at least 4 members (excludes halogenated alkanes) is 3. The van der Waals surface area contributed by atoms with Crippen molar-refractivity contribution in [2.75, 3.05) is 0 Å². The highest BCUT2D eigenvalue weighted by Gasteiger charge is 2.19. The van der Waals surface area contributed by atoms with Crippen molar-refractivity contribution in [1.82, 2.24) is 0 Å². The third-order valence-electron chi connectivity index (χ3n) is 3.18. The molecule has 1 aliphatic rings. The van der Waals surface area contributed by atoms with Crippen molar-refractivity contribution >= 4 is 0 Å². The van der Waals surface area contributed by atoms with Crippen molar-refractivity contribution in [2.24, 2.45) is 5.92 Å². The highest BCUT2D eigenvalue weighted by atomic mass is 14.2. The quantitative estimate of drug-likeness (QED) is 0.373. The Labute approximate surface area is 89.8 Å². The standard InChI is InChI=1S/C14H26/c1-3-4-5-8-13(2)9-6-7-10-14-11-12-14/h9,14H,3-8,10-12H2,1-2H3. The molecule has 0 N–H and O–H groups in total. The summed E-state index contributed by atoms with van der Waals surface area (Å²) in [5.41, 5.74) is 1.62. The lowest BCUT2D eigenvalue weighted by atomic mass is 10.1. The predicted octanol–water partition coefficient (Wildman–Crippen LogP) is 5.09. The van der Waals surface area contributed by atoms with E-state index in [1.54, 1.807) is 5.57 Å². The van der Waals surface area contributed by atoms with Gasteiger partial charge in [0.05, 0.1) is 0 Å². The molecule has 0 heteroatoms. The molecule has 0 amide bonds. The zero-order chi connectivity index (χ0) is 10.2. The summed E-state index contributed by atoms with van der Waals surface area (Å²) in [5, 5.41) is 0. The van der Waals surface area contributed by atoms with Crippen LogP contribution in [-0.2, 0) is 0 Å². The first-order valence-electron chi connectivity index (χ1n) is 6.48. The van der Waals surface area contributed by atoms with E-state index in [1.807, 2.05) is 0 Å². The van der Waals surface area contributed by atoms with Gasteiger partial charge in [-0.25, -0.2) is 0 Å². The van der Waals surface area contributed by atoms with Crippen LogP contribution in [0.2, 0.25) is 0 Å². The van der Waals surface area contributed by atoms with Crippen LogP contribution in [0.15, 0.2) is 11.6 Å². The molecular formula is C14H26. The van der Waals surface area contributed by atoms with Gasteiger partial charge in [0.15, 0.2) is 0 Å². The Bertz CT molecular complexity index is 163. The van der Waals surface area contributed by atoms with Crippen LogP contribution in [0.4, 0.5) is 0 Å². The molecular weight excluding hydrogens is 168 g/mol. The lowest BCUT2D eigenvalue weighted by Crippen LogP contribution is -1.81. The van der Waals surface area contributed by atoms with Crippen LogP contribution in [0.1, 0.15) is 71.6 Å². The van der Waals surface area contributed by atoms with Gasteiger partial charge in [-0.3, -0.25) is 0 Å². The summed E-state index contributed by atoms with van der Waals surface area (Å²) >= 11 is 0. The van der Waals surface area contributed by atoms with E-state index in [0.717, 1.165) is 5.92 Å². The van der Waals surface area contributed by atoms with E-state index in [2.05, 4.69) is 19.9 Å². The summed E-state index contributed by atoms with van der Waals surface area (Å²) < 4.78 is 0. The van der Waals surface area contributed by atoms with Crippen LogP contribution < -0.4 is 0 Å². The van der Waals surface area contributed by atoms with Crippen LogP contribution in [0.3, 0.4) is 0 Å². The molecule has 0 atom stereocenters. The fraction of sp³-hybridized carbons (Fsp3) is 0.857. The van der Waals surface area contributed by atoms with Crippen molar-refractivity contribution in [3.63, 3.8) is 0 Å². The van der Waals surface area contributed by atoms with E-state index in [4.69, 9.17) is 0 Å². The first-order chi connectivity index (χ1) is 6.83. The van der Waals surface area contributed by atoms with Crippen LogP contribution in [-0.4, -0.2) is 0 Å². The average molecular weight is 194 g/mol. The second kappa shape index (κ2) is 7.09. The van der Waals surface area contributed by atoms with Gasteiger partial charge in [0, 0.05) is 0 Å². The molecule has 0 unspecified atom stereocenters. The fourth-order valence-corrected chi connectivity index (χ4v) is 1.92. The van der Waals surface area contributed by atoms with Crippen molar-refractivity contribution in [1.29, 1.82) is 0 Å². The van der Waals surface area contributed by atoms with Gasteiger partial charge in [0.1, 0.15) is 0 Å². The summed E-state index contributed by atoms with van der Waals surface area (Å²) in [7, 11) is 0. The molecule has 0 aliphatic heterocycles. The Morgan fingerprint density at radius 2 is 2.00 bits per heavy atom. The minimum absolute atomic E-state index is 1.11. The Hall–Kier alpha value is -0.260. The van der Waals surface area contributed by atoms with Gasteiger partial charge in [0.25, 0.3) is 0 Å². The first-order valence-corrected chi connectivity index (χ1v) is 6.48. The van der Waals surface area contributed by atoms with Crippen molar-refractivity contribution in [3.8, 4) is 0 Å². The van der Waals surface area contributed by atoms with Gasteiger partial charge in [-0.15, -0.1) is 0 Å². The molecule has 1 rings (SSSR count). The summed E-state index contributed by atoms with van der Waals surface area (Å²) in [4.78, 5) is 0. The van der Waals surface area contributed by atoms with Crippen LogP contribution in [0, 0.1) is 5.92 Å². The Balaban J connectivity index is 1.91. The lowest BCUT2D eigenvalue weighted by molar-refractivity contribution is 0.668. The smallest absolute Gasteiger partial charge is 0.0323 e. The van der Waals surface area contributed by atoms with Gasteiger partial charge in [-0.1, -0.05) is 50.7 Å². The van der Waals surface area contributed by atoms with Crippen LogP contribution >= 0.6 is 0 Å². The van der Waals surface area contributed by atoms with Crippen molar-refractivity contribution in [3.05, 3.63) is 11.6 Å². The molecule has 0 saturated heterocycles. The number of hydrogen-bond acceptors (Lipinski definition) is 0. The summed E-state index contributed by atoms with van der Waals surface area (Å²) in [6, 6.07) is 0. The molecule has 0 nitrogen and oxygen atoms in total. The highest BCUT2D eigenvalue weighted by molar-refractivity contribution is 4.97. The molecule has 0 spiro atoms. The Morgan fingerprint density at radius 1 is 1.21 bits per heavy atom. The average Bonchev–Trinajstić information content (AvgIpc) is 2.97. The van der Waals surface area contributed by atoms with Gasteiger partial charge in [0.2, 0.25) is 0 Å². The SMILES string of the molecule is CCCCCC(C)=CCCCC1CC1. The molecule has 0 aromatic rings. The summed E-state index contributed by atoms with van der Waals surface area (Å²) in [6.07, 6.45) is 15.2. The molecule has 0 radical (unpaired) electrons. The number of hydrogen-bond donors (Lipinski definition) is 0. The fourth-order valence-electron chi connectivity index (χ4n) is 1.92. The van der Waals surface area contributed by atoms with Gasteiger partial charge in [-0.05, 0) is 38.5 Å². The topological polar surface area (TPSA) is 0 Å². The largest absolute Gasteiger partial charge is 0.0856 e. The third-order valence-corrected chi connectivity index (χ3v) is 3.18. The van der Waals surface area contributed by atoms with Crippen LogP contribution in [0.5, 0.6) is 0 Å². The maximum Gasteiger partial charge on any atom is -0.0323 e. The van der Waals surface area contributed by atoms with Gasteiger partial charge in [-0.2, -0.15) is 0 Å². The monoisotopic (exact) mass is 194 g/mol.